The van der Waals surface area contributed by atoms with Crippen LogP contribution in [0.3, 0.4) is 0 Å². The average molecular weight is 296 g/mol. The van der Waals surface area contributed by atoms with Crippen molar-refractivity contribution in [2.75, 3.05) is 0 Å². The van der Waals surface area contributed by atoms with E-state index in [0.29, 0.717) is 17.3 Å². The van der Waals surface area contributed by atoms with Gasteiger partial charge in [0.1, 0.15) is 4.21 Å². The minimum atomic E-state index is -3.45. The van der Waals surface area contributed by atoms with Gasteiger partial charge in [-0.05, 0) is 29.5 Å². The topological polar surface area (TPSA) is 72.2 Å². The average Bonchev–Trinajstić information content (AvgIpc) is 2.86. The van der Waals surface area contributed by atoms with E-state index in [1.54, 1.807) is 11.4 Å². The van der Waals surface area contributed by atoms with Crippen molar-refractivity contribution in [1.29, 1.82) is 0 Å². The smallest absolute Gasteiger partial charge is 0.250 e. The number of benzene rings is 1. The van der Waals surface area contributed by atoms with E-state index in [-0.39, 0.29) is 0 Å². The number of rotatable bonds is 5. The maximum atomic E-state index is 12.1. The van der Waals surface area contributed by atoms with Gasteiger partial charge in [-0.2, -0.15) is 0 Å². The zero-order chi connectivity index (χ0) is 13.9. The molecule has 0 atom stereocenters. The van der Waals surface area contributed by atoms with Gasteiger partial charge in [0.25, 0.3) is 0 Å². The van der Waals surface area contributed by atoms with Crippen LogP contribution in [0.1, 0.15) is 16.7 Å². The van der Waals surface area contributed by atoms with E-state index in [1.807, 2.05) is 31.2 Å². The van der Waals surface area contributed by atoms with Crippen molar-refractivity contribution in [2.24, 2.45) is 5.73 Å². The Morgan fingerprint density at radius 2 is 2.05 bits per heavy atom. The van der Waals surface area contributed by atoms with Crippen molar-refractivity contribution < 1.29 is 8.42 Å². The Morgan fingerprint density at radius 3 is 2.68 bits per heavy atom. The van der Waals surface area contributed by atoms with Crippen LogP contribution in [0.4, 0.5) is 0 Å². The van der Waals surface area contributed by atoms with Gasteiger partial charge in [-0.3, -0.25) is 0 Å². The minimum Gasteiger partial charge on any atom is -0.326 e. The van der Waals surface area contributed by atoms with Crippen LogP contribution in [0.25, 0.3) is 0 Å². The van der Waals surface area contributed by atoms with Crippen LogP contribution in [-0.4, -0.2) is 8.42 Å². The Labute approximate surface area is 117 Å². The summed E-state index contributed by atoms with van der Waals surface area (Å²) in [5, 5.41) is 1.77. The summed E-state index contributed by atoms with van der Waals surface area (Å²) < 4.78 is 27.1. The van der Waals surface area contributed by atoms with Crippen molar-refractivity contribution >= 4 is 21.4 Å². The van der Waals surface area contributed by atoms with Crippen LogP contribution < -0.4 is 10.5 Å². The molecule has 0 spiro atoms. The molecule has 0 fully saturated rings. The number of nitrogens with one attached hydrogen (secondary N) is 1. The first-order valence-corrected chi connectivity index (χ1v) is 8.20. The second-order valence-electron chi connectivity index (χ2n) is 4.29. The molecule has 0 saturated heterocycles. The maximum absolute atomic E-state index is 12.1. The minimum absolute atomic E-state index is 0.292. The Bertz CT molecular complexity index is 663. The van der Waals surface area contributed by atoms with E-state index >= 15 is 0 Å². The van der Waals surface area contributed by atoms with Crippen molar-refractivity contribution in [2.45, 2.75) is 24.2 Å². The molecule has 1 aromatic carbocycles. The van der Waals surface area contributed by atoms with Gasteiger partial charge in [0.15, 0.2) is 0 Å². The lowest BCUT2D eigenvalue weighted by atomic mass is 10.1. The molecule has 6 heteroatoms. The highest BCUT2D eigenvalue weighted by molar-refractivity contribution is 7.91. The van der Waals surface area contributed by atoms with E-state index in [0.717, 1.165) is 16.7 Å². The first kappa shape index (κ1) is 14.2. The van der Waals surface area contributed by atoms with Crippen LogP contribution in [0.5, 0.6) is 0 Å². The molecule has 0 aliphatic rings. The highest BCUT2D eigenvalue weighted by atomic mass is 32.2. The van der Waals surface area contributed by atoms with Gasteiger partial charge in [0.05, 0.1) is 0 Å². The molecule has 102 valence electrons. The van der Waals surface area contributed by atoms with Crippen LogP contribution >= 0.6 is 11.3 Å². The monoisotopic (exact) mass is 296 g/mol. The van der Waals surface area contributed by atoms with Gasteiger partial charge in [-0.15, -0.1) is 11.3 Å². The third-order valence-electron chi connectivity index (χ3n) is 2.68. The first-order valence-electron chi connectivity index (χ1n) is 5.84. The van der Waals surface area contributed by atoms with E-state index in [1.165, 1.54) is 11.3 Å². The molecule has 0 aliphatic carbocycles. The van der Waals surface area contributed by atoms with E-state index in [4.69, 9.17) is 5.73 Å². The van der Waals surface area contributed by atoms with Crippen LogP contribution in [0.15, 0.2) is 39.9 Å². The lowest BCUT2D eigenvalue weighted by Crippen LogP contribution is -2.22. The number of aryl methyl sites for hydroxylation is 1. The van der Waals surface area contributed by atoms with Crippen molar-refractivity contribution in [3.63, 3.8) is 0 Å². The summed E-state index contributed by atoms with van der Waals surface area (Å²) in [7, 11) is -3.45. The summed E-state index contributed by atoms with van der Waals surface area (Å²) in [4.78, 5) is 0. The molecule has 4 nitrogen and oxygen atoms in total. The predicted molar refractivity (Wildman–Crippen MR) is 77.4 cm³/mol. The fourth-order valence-electron chi connectivity index (χ4n) is 1.67. The molecule has 1 aromatic heterocycles. The third-order valence-corrected chi connectivity index (χ3v) is 5.57. The van der Waals surface area contributed by atoms with E-state index in [2.05, 4.69) is 4.72 Å². The zero-order valence-corrected chi connectivity index (χ0v) is 12.2. The van der Waals surface area contributed by atoms with Gasteiger partial charge >= 0.3 is 0 Å². The molecule has 2 rings (SSSR count). The molecule has 19 heavy (non-hydrogen) atoms. The summed E-state index contributed by atoms with van der Waals surface area (Å²) in [6.07, 6.45) is 0. The number of hydrogen-bond acceptors (Lipinski definition) is 4. The molecular formula is C13H16N2O2S2. The van der Waals surface area contributed by atoms with Crippen LogP contribution in [0.2, 0.25) is 0 Å². The Morgan fingerprint density at radius 1 is 1.26 bits per heavy atom. The Balaban J connectivity index is 2.09. The van der Waals surface area contributed by atoms with Crippen molar-refractivity contribution in [1.82, 2.24) is 4.72 Å². The van der Waals surface area contributed by atoms with Gasteiger partial charge in [0.2, 0.25) is 10.0 Å². The number of hydrogen-bond donors (Lipinski definition) is 2. The molecule has 0 bridgehead atoms. The van der Waals surface area contributed by atoms with Gasteiger partial charge in [0, 0.05) is 13.1 Å². The van der Waals surface area contributed by atoms with Gasteiger partial charge in [-0.25, -0.2) is 13.1 Å². The fourth-order valence-corrected chi connectivity index (χ4v) is 3.96. The predicted octanol–water partition coefficient (Wildman–Crippen LogP) is 1.99. The second-order valence-corrected chi connectivity index (χ2v) is 7.20. The molecule has 0 saturated carbocycles. The fraction of sp³-hybridized carbons (Fsp3) is 0.231. The normalized spacial score (nSPS) is 11.7. The van der Waals surface area contributed by atoms with Gasteiger partial charge < -0.3 is 5.73 Å². The molecule has 0 aliphatic heterocycles. The van der Waals surface area contributed by atoms with Crippen LogP contribution in [0, 0.1) is 6.92 Å². The number of nitrogens with two attached hydrogens (primary N) is 1. The first-order chi connectivity index (χ1) is 9.01. The number of thiophene rings is 1. The zero-order valence-electron chi connectivity index (χ0n) is 10.6. The number of sulfonamides is 1. The van der Waals surface area contributed by atoms with E-state index < -0.39 is 10.0 Å². The highest BCUT2D eigenvalue weighted by Crippen LogP contribution is 2.20. The Kier molecular flexibility index (Phi) is 4.36. The van der Waals surface area contributed by atoms with Crippen molar-refractivity contribution in [3.8, 4) is 0 Å². The largest absolute Gasteiger partial charge is 0.326 e. The van der Waals surface area contributed by atoms with Gasteiger partial charge in [-0.1, -0.05) is 29.8 Å². The third kappa shape index (κ3) is 3.63. The summed E-state index contributed by atoms with van der Waals surface area (Å²) in [6, 6.07) is 9.36. The van der Waals surface area contributed by atoms with Crippen LogP contribution in [-0.2, 0) is 23.1 Å². The molecule has 1 heterocycles. The summed E-state index contributed by atoms with van der Waals surface area (Å²) in [5.74, 6) is 0. The standard InChI is InChI=1S/C13H16N2O2S2/c1-10-3-2-4-11(5-10)8-15-19(16,17)13-6-12(7-14)9-18-13/h2-6,9,15H,7-8,14H2,1H3. The SMILES string of the molecule is Cc1cccc(CNS(=O)(=O)c2cc(CN)cs2)c1. The lowest BCUT2D eigenvalue weighted by molar-refractivity contribution is 0.583. The maximum Gasteiger partial charge on any atom is 0.250 e. The summed E-state index contributed by atoms with van der Waals surface area (Å²) in [5.41, 5.74) is 8.37. The second kappa shape index (κ2) is 5.83. The molecule has 0 amide bonds. The summed E-state index contributed by atoms with van der Waals surface area (Å²) >= 11 is 1.19. The molecule has 0 unspecified atom stereocenters. The Hall–Kier alpha value is -1.21. The molecule has 2 aromatic rings. The van der Waals surface area contributed by atoms with Crippen molar-refractivity contribution in [3.05, 3.63) is 52.4 Å². The summed E-state index contributed by atoms with van der Waals surface area (Å²) in [6.45, 7) is 2.62. The molecule has 0 radical (unpaired) electrons. The quantitative estimate of drug-likeness (QED) is 0.886. The van der Waals surface area contributed by atoms with E-state index in [9.17, 15) is 8.42 Å². The lowest BCUT2D eigenvalue weighted by Gasteiger charge is -2.05. The highest BCUT2D eigenvalue weighted by Gasteiger charge is 2.16. The molecule has 3 N–H and O–H groups in total. The molecular weight excluding hydrogens is 280 g/mol.